The fraction of sp³-hybridized carbons (Fsp3) is 0.562. The summed E-state index contributed by atoms with van der Waals surface area (Å²) in [5, 5.41) is 3.33. The van der Waals surface area contributed by atoms with E-state index in [-0.39, 0.29) is 18.1 Å². The van der Waals surface area contributed by atoms with Crippen molar-refractivity contribution in [2.24, 2.45) is 0 Å². The average Bonchev–Trinajstić information content (AvgIpc) is 2.93. The number of carbonyl (C=O) groups excluding carboxylic acids is 1. The predicted octanol–water partition coefficient (Wildman–Crippen LogP) is 2.29. The van der Waals surface area contributed by atoms with E-state index < -0.39 is 0 Å². The van der Waals surface area contributed by atoms with Crippen molar-refractivity contribution in [3.63, 3.8) is 0 Å². The monoisotopic (exact) mass is 274 g/mol. The standard InChI is InChI=1S/C16H22N2O2/c1-3-14-10-20-11(2)9-18(14)16(19)13-4-5-15-12(8-13)6-7-17-15/h4-5,8,11,14,17H,3,6-7,9-10H2,1-2H3. The molecular weight excluding hydrogens is 252 g/mol. The summed E-state index contributed by atoms with van der Waals surface area (Å²) in [6, 6.07) is 6.21. The Bertz CT molecular complexity index is 515. The zero-order valence-electron chi connectivity index (χ0n) is 12.2. The number of anilines is 1. The predicted molar refractivity (Wildman–Crippen MR) is 79.2 cm³/mol. The average molecular weight is 274 g/mol. The van der Waals surface area contributed by atoms with Crippen molar-refractivity contribution >= 4 is 11.6 Å². The zero-order chi connectivity index (χ0) is 14.1. The minimum atomic E-state index is 0.123. The summed E-state index contributed by atoms with van der Waals surface area (Å²) in [5.74, 6) is 0.140. The van der Waals surface area contributed by atoms with Crippen LogP contribution in [0.5, 0.6) is 0 Å². The lowest BCUT2D eigenvalue weighted by molar-refractivity contribution is -0.0444. The van der Waals surface area contributed by atoms with Gasteiger partial charge in [-0.1, -0.05) is 6.92 Å². The Morgan fingerprint density at radius 1 is 1.50 bits per heavy atom. The van der Waals surface area contributed by atoms with E-state index in [1.54, 1.807) is 0 Å². The Morgan fingerprint density at radius 3 is 3.15 bits per heavy atom. The van der Waals surface area contributed by atoms with E-state index in [4.69, 9.17) is 4.74 Å². The molecule has 3 rings (SSSR count). The summed E-state index contributed by atoms with van der Waals surface area (Å²) in [6.07, 6.45) is 2.07. The molecule has 0 aromatic heterocycles. The summed E-state index contributed by atoms with van der Waals surface area (Å²) in [7, 11) is 0. The number of nitrogens with one attached hydrogen (secondary N) is 1. The first kappa shape index (κ1) is 13.4. The third-order valence-electron chi connectivity index (χ3n) is 4.26. The summed E-state index contributed by atoms with van der Waals surface area (Å²) in [6.45, 7) is 6.44. The molecule has 0 aliphatic carbocycles. The third-order valence-corrected chi connectivity index (χ3v) is 4.26. The maximum atomic E-state index is 12.8. The molecule has 20 heavy (non-hydrogen) atoms. The van der Waals surface area contributed by atoms with Crippen molar-refractivity contribution in [2.45, 2.75) is 38.8 Å². The van der Waals surface area contributed by atoms with Crippen molar-refractivity contribution in [1.29, 1.82) is 0 Å². The van der Waals surface area contributed by atoms with E-state index in [0.717, 1.165) is 24.9 Å². The van der Waals surface area contributed by atoms with Gasteiger partial charge in [-0.05, 0) is 43.5 Å². The van der Waals surface area contributed by atoms with E-state index in [1.165, 1.54) is 11.3 Å². The first-order valence-electron chi connectivity index (χ1n) is 7.48. The number of morpholine rings is 1. The number of ether oxygens (including phenoxy) is 1. The Morgan fingerprint density at radius 2 is 2.35 bits per heavy atom. The Labute approximate surface area is 120 Å². The van der Waals surface area contributed by atoms with Crippen molar-refractivity contribution in [3.8, 4) is 0 Å². The van der Waals surface area contributed by atoms with Crippen molar-refractivity contribution in [1.82, 2.24) is 4.90 Å². The van der Waals surface area contributed by atoms with Gasteiger partial charge in [0.25, 0.3) is 5.91 Å². The number of carbonyl (C=O) groups is 1. The normalized spacial score (nSPS) is 25.2. The minimum absolute atomic E-state index is 0.123. The van der Waals surface area contributed by atoms with Crippen molar-refractivity contribution < 1.29 is 9.53 Å². The second-order valence-corrected chi connectivity index (χ2v) is 5.71. The number of amides is 1. The van der Waals surface area contributed by atoms with Crippen LogP contribution in [0.1, 0.15) is 36.2 Å². The van der Waals surface area contributed by atoms with E-state index in [1.807, 2.05) is 30.0 Å². The number of hydrogen-bond acceptors (Lipinski definition) is 3. The van der Waals surface area contributed by atoms with Gasteiger partial charge in [-0.15, -0.1) is 0 Å². The minimum Gasteiger partial charge on any atom is -0.384 e. The SMILES string of the molecule is CCC1COC(C)CN1C(=O)c1ccc2c(c1)CCN2. The van der Waals surface area contributed by atoms with Crippen molar-refractivity contribution in [3.05, 3.63) is 29.3 Å². The van der Waals surface area contributed by atoms with Crippen LogP contribution in [0.4, 0.5) is 5.69 Å². The van der Waals surface area contributed by atoms with Crippen LogP contribution in [0, 0.1) is 0 Å². The second kappa shape index (κ2) is 5.44. The van der Waals surface area contributed by atoms with Gasteiger partial charge in [0.15, 0.2) is 0 Å². The lowest BCUT2D eigenvalue weighted by atomic mass is 10.0. The van der Waals surface area contributed by atoms with E-state index in [2.05, 4.69) is 12.2 Å². The number of hydrogen-bond donors (Lipinski definition) is 1. The number of fused-ring (bicyclic) bond motifs is 1. The quantitative estimate of drug-likeness (QED) is 0.899. The van der Waals surface area contributed by atoms with E-state index in [0.29, 0.717) is 13.2 Å². The summed E-state index contributed by atoms with van der Waals surface area (Å²) in [4.78, 5) is 14.7. The first-order chi connectivity index (χ1) is 9.69. The maximum absolute atomic E-state index is 12.8. The first-order valence-corrected chi connectivity index (χ1v) is 7.48. The van der Waals surface area contributed by atoms with Gasteiger partial charge < -0.3 is 15.0 Å². The Balaban J connectivity index is 1.83. The molecule has 2 atom stereocenters. The van der Waals surface area contributed by atoms with E-state index >= 15 is 0 Å². The highest BCUT2D eigenvalue weighted by Crippen LogP contribution is 2.25. The lowest BCUT2D eigenvalue weighted by Gasteiger charge is -2.38. The van der Waals surface area contributed by atoms with Gasteiger partial charge in [0.05, 0.1) is 18.8 Å². The van der Waals surface area contributed by atoms with Crippen molar-refractivity contribution in [2.75, 3.05) is 25.0 Å². The molecule has 4 nitrogen and oxygen atoms in total. The van der Waals surface area contributed by atoms with Crippen LogP contribution >= 0.6 is 0 Å². The summed E-state index contributed by atoms with van der Waals surface area (Å²) in [5.41, 5.74) is 3.23. The third kappa shape index (κ3) is 2.40. The van der Waals surface area contributed by atoms with Crippen LogP contribution in [-0.4, -0.2) is 42.6 Å². The highest BCUT2D eigenvalue weighted by atomic mass is 16.5. The molecule has 0 bridgehead atoms. The van der Waals surface area contributed by atoms with Crippen LogP contribution < -0.4 is 5.32 Å². The van der Waals surface area contributed by atoms with Crippen LogP contribution in [0.3, 0.4) is 0 Å². The Kier molecular flexibility index (Phi) is 3.66. The van der Waals surface area contributed by atoms with Gasteiger partial charge in [-0.3, -0.25) is 4.79 Å². The molecule has 4 heteroatoms. The molecule has 2 aliphatic heterocycles. The largest absolute Gasteiger partial charge is 0.384 e. The molecule has 2 aliphatic rings. The molecule has 1 amide bonds. The molecule has 0 saturated carbocycles. The van der Waals surface area contributed by atoms with E-state index in [9.17, 15) is 4.79 Å². The summed E-state index contributed by atoms with van der Waals surface area (Å²) < 4.78 is 5.67. The van der Waals surface area contributed by atoms with Crippen LogP contribution in [-0.2, 0) is 11.2 Å². The number of benzene rings is 1. The number of rotatable bonds is 2. The van der Waals surface area contributed by atoms with Gasteiger partial charge in [0.1, 0.15) is 0 Å². The molecular formula is C16H22N2O2. The zero-order valence-corrected chi connectivity index (χ0v) is 12.2. The fourth-order valence-corrected chi connectivity index (χ4v) is 3.03. The molecule has 1 saturated heterocycles. The molecule has 0 spiro atoms. The van der Waals surface area contributed by atoms with Crippen LogP contribution in [0.15, 0.2) is 18.2 Å². The molecule has 2 heterocycles. The highest BCUT2D eigenvalue weighted by molar-refractivity contribution is 5.95. The smallest absolute Gasteiger partial charge is 0.254 e. The second-order valence-electron chi connectivity index (χ2n) is 5.71. The number of nitrogens with zero attached hydrogens (tertiary/aromatic N) is 1. The van der Waals surface area contributed by atoms with Gasteiger partial charge in [0.2, 0.25) is 0 Å². The summed E-state index contributed by atoms with van der Waals surface area (Å²) >= 11 is 0. The Hall–Kier alpha value is -1.55. The van der Waals surface area contributed by atoms with Crippen LogP contribution in [0.2, 0.25) is 0 Å². The molecule has 2 unspecified atom stereocenters. The molecule has 1 aromatic rings. The molecule has 1 aromatic carbocycles. The fourth-order valence-electron chi connectivity index (χ4n) is 3.03. The molecule has 1 N–H and O–H groups in total. The molecule has 1 fully saturated rings. The lowest BCUT2D eigenvalue weighted by Crippen LogP contribution is -2.51. The molecule has 108 valence electrons. The maximum Gasteiger partial charge on any atom is 0.254 e. The highest BCUT2D eigenvalue weighted by Gasteiger charge is 2.30. The van der Waals surface area contributed by atoms with Gasteiger partial charge >= 0.3 is 0 Å². The van der Waals surface area contributed by atoms with Gasteiger partial charge in [-0.2, -0.15) is 0 Å². The molecule has 0 radical (unpaired) electrons. The van der Waals surface area contributed by atoms with Gasteiger partial charge in [0, 0.05) is 24.3 Å². The van der Waals surface area contributed by atoms with Gasteiger partial charge in [-0.25, -0.2) is 0 Å². The topological polar surface area (TPSA) is 41.6 Å². The van der Waals surface area contributed by atoms with Crippen LogP contribution in [0.25, 0.3) is 0 Å².